The van der Waals surface area contributed by atoms with Gasteiger partial charge in [0.15, 0.2) is 5.58 Å². The third kappa shape index (κ3) is 5.98. The number of hydrogen-bond donors (Lipinski definition) is 0. The van der Waals surface area contributed by atoms with E-state index in [9.17, 15) is 18.0 Å². The van der Waals surface area contributed by atoms with E-state index in [-0.39, 0.29) is 23.8 Å². The molecule has 0 fully saturated rings. The van der Waals surface area contributed by atoms with E-state index in [2.05, 4.69) is 4.98 Å². The molecule has 0 amide bonds. The minimum absolute atomic E-state index is 0.0156. The summed E-state index contributed by atoms with van der Waals surface area (Å²) >= 11 is 6.20. The molecular formula is C26H22ClF3N2O4. The number of carbonyl (C=O) groups is 1. The second-order valence-electron chi connectivity index (χ2n) is 8.22. The molecule has 1 heterocycles. The first-order valence-corrected chi connectivity index (χ1v) is 11.3. The zero-order chi connectivity index (χ0) is 25.9. The van der Waals surface area contributed by atoms with E-state index >= 15 is 0 Å². The van der Waals surface area contributed by atoms with Gasteiger partial charge in [-0.3, -0.25) is 0 Å². The number of aromatic nitrogens is 1. The molecule has 0 saturated carbocycles. The van der Waals surface area contributed by atoms with Gasteiger partial charge in [0, 0.05) is 17.1 Å². The Balaban J connectivity index is 1.74. The standard InChI is InChI=1S/C26H22ClF3N2O4/c1-32(2)12-13-34-25(33)23(16-6-5-7-17(14-16)26(28,29)30)35-21-11-10-18(27)15-19(21)24-31-20-8-3-4-9-22(20)36-24/h3-11,14-15,23H,12-13H2,1-2H3. The van der Waals surface area contributed by atoms with Gasteiger partial charge >= 0.3 is 12.1 Å². The molecule has 0 aliphatic rings. The maximum absolute atomic E-state index is 13.4. The first-order chi connectivity index (χ1) is 17.1. The molecule has 1 unspecified atom stereocenters. The number of likely N-dealkylation sites (N-methyl/N-ethyl adjacent to an activating group) is 1. The quantitative estimate of drug-likeness (QED) is 0.252. The van der Waals surface area contributed by atoms with Crippen molar-refractivity contribution in [1.82, 2.24) is 9.88 Å². The van der Waals surface area contributed by atoms with E-state index in [0.29, 0.717) is 28.2 Å². The van der Waals surface area contributed by atoms with Crippen LogP contribution in [-0.2, 0) is 15.7 Å². The van der Waals surface area contributed by atoms with E-state index in [4.69, 9.17) is 25.5 Å². The van der Waals surface area contributed by atoms with Crippen LogP contribution in [0, 0.1) is 0 Å². The van der Waals surface area contributed by atoms with Crippen molar-refractivity contribution in [2.45, 2.75) is 12.3 Å². The minimum atomic E-state index is -4.60. The smallest absolute Gasteiger partial charge is 0.416 e. The molecule has 188 valence electrons. The summed E-state index contributed by atoms with van der Waals surface area (Å²) in [6.07, 6.45) is -6.09. The molecule has 6 nitrogen and oxygen atoms in total. The molecule has 3 aromatic carbocycles. The Kier molecular flexibility index (Phi) is 7.51. The molecule has 0 aliphatic heterocycles. The molecular weight excluding hydrogens is 497 g/mol. The van der Waals surface area contributed by atoms with Gasteiger partial charge in [0.05, 0.1) is 11.1 Å². The number of halogens is 4. The summed E-state index contributed by atoms with van der Waals surface area (Å²) in [5.41, 5.74) is 0.520. The van der Waals surface area contributed by atoms with Crippen LogP contribution in [0.5, 0.6) is 5.75 Å². The van der Waals surface area contributed by atoms with Crippen LogP contribution in [-0.4, -0.2) is 43.1 Å². The van der Waals surface area contributed by atoms with E-state index in [0.717, 1.165) is 12.1 Å². The normalized spacial score (nSPS) is 12.6. The van der Waals surface area contributed by atoms with Crippen molar-refractivity contribution in [2.75, 3.05) is 27.2 Å². The van der Waals surface area contributed by atoms with Crippen LogP contribution in [0.1, 0.15) is 17.2 Å². The number of benzene rings is 3. The lowest BCUT2D eigenvalue weighted by Gasteiger charge is -2.21. The largest absolute Gasteiger partial charge is 0.473 e. The molecule has 0 bridgehead atoms. The fourth-order valence-corrected chi connectivity index (χ4v) is 3.59. The summed E-state index contributed by atoms with van der Waals surface area (Å²) in [4.78, 5) is 19.3. The van der Waals surface area contributed by atoms with Gasteiger partial charge in [-0.25, -0.2) is 9.78 Å². The highest BCUT2D eigenvalue weighted by Gasteiger charge is 2.33. The minimum Gasteiger partial charge on any atom is -0.473 e. The van der Waals surface area contributed by atoms with Crippen molar-refractivity contribution in [3.8, 4) is 17.2 Å². The van der Waals surface area contributed by atoms with E-state index in [1.807, 2.05) is 0 Å². The first kappa shape index (κ1) is 25.5. The van der Waals surface area contributed by atoms with Gasteiger partial charge in [0.1, 0.15) is 17.9 Å². The lowest BCUT2D eigenvalue weighted by molar-refractivity contribution is -0.152. The molecule has 0 aliphatic carbocycles. The average Bonchev–Trinajstić information content (AvgIpc) is 3.26. The molecule has 36 heavy (non-hydrogen) atoms. The molecule has 0 radical (unpaired) electrons. The summed E-state index contributed by atoms with van der Waals surface area (Å²) in [5.74, 6) is -0.523. The van der Waals surface area contributed by atoms with Crippen molar-refractivity contribution in [3.05, 3.63) is 82.9 Å². The Bertz CT molecular complexity index is 1340. The molecule has 1 aromatic heterocycles. The number of nitrogens with zero attached hydrogens (tertiary/aromatic N) is 2. The predicted octanol–water partition coefficient (Wildman–Crippen LogP) is 6.39. The summed E-state index contributed by atoms with van der Waals surface area (Å²) in [7, 11) is 3.60. The van der Waals surface area contributed by atoms with Crippen LogP contribution in [0.25, 0.3) is 22.6 Å². The van der Waals surface area contributed by atoms with Crippen LogP contribution in [0.2, 0.25) is 5.02 Å². The lowest BCUT2D eigenvalue weighted by Crippen LogP contribution is -2.26. The highest BCUT2D eigenvalue weighted by Crippen LogP contribution is 2.38. The second kappa shape index (κ2) is 10.6. The van der Waals surface area contributed by atoms with Crippen molar-refractivity contribution in [2.24, 2.45) is 0 Å². The number of fused-ring (bicyclic) bond motifs is 1. The number of alkyl halides is 3. The maximum Gasteiger partial charge on any atom is 0.416 e. The number of ether oxygens (including phenoxy) is 2. The van der Waals surface area contributed by atoms with Crippen molar-refractivity contribution in [3.63, 3.8) is 0 Å². The third-order valence-electron chi connectivity index (χ3n) is 5.22. The Morgan fingerprint density at radius 3 is 2.58 bits per heavy atom. The van der Waals surface area contributed by atoms with E-state index in [1.165, 1.54) is 24.3 Å². The monoisotopic (exact) mass is 518 g/mol. The van der Waals surface area contributed by atoms with Gasteiger partial charge in [-0.1, -0.05) is 35.9 Å². The van der Waals surface area contributed by atoms with Gasteiger partial charge in [0.2, 0.25) is 12.0 Å². The summed E-state index contributed by atoms with van der Waals surface area (Å²) in [5, 5.41) is 0.351. The molecule has 4 rings (SSSR count). The molecule has 4 aromatic rings. The summed E-state index contributed by atoms with van der Waals surface area (Å²) < 4.78 is 57.3. The molecule has 0 spiro atoms. The zero-order valence-electron chi connectivity index (χ0n) is 19.4. The van der Waals surface area contributed by atoms with E-state index < -0.39 is 23.8 Å². The molecule has 1 atom stereocenters. The predicted molar refractivity (Wildman–Crippen MR) is 129 cm³/mol. The number of hydrogen-bond acceptors (Lipinski definition) is 6. The Hall–Kier alpha value is -3.56. The SMILES string of the molecule is CN(C)CCOC(=O)C(Oc1ccc(Cl)cc1-c1nc2ccccc2o1)c1cccc(C(F)(F)F)c1. The number of oxazole rings is 1. The topological polar surface area (TPSA) is 64.8 Å². The zero-order valence-corrected chi connectivity index (χ0v) is 20.1. The van der Waals surface area contributed by atoms with Crippen molar-refractivity contribution in [1.29, 1.82) is 0 Å². The first-order valence-electron chi connectivity index (χ1n) is 10.9. The fourth-order valence-electron chi connectivity index (χ4n) is 3.42. The molecule has 0 saturated heterocycles. The summed E-state index contributed by atoms with van der Waals surface area (Å²) in [6, 6.07) is 16.1. The lowest BCUT2D eigenvalue weighted by atomic mass is 10.1. The highest BCUT2D eigenvalue weighted by atomic mass is 35.5. The highest BCUT2D eigenvalue weighted by molar-refractivity contribution is 6.30. The number of esters is 1. The average molecular weight is 519 g/mol. The van der Waals surface area contributed by atoms with Crippen LogP contribution >= 0.6 is 11.6 Å². The Morgan fingerprint density at radius 1 is 1.08 bits per heavy atom. The Labute approximate surface area is 210 Å². The van der Waals surface area contributed by atoms with Crippen LogP contribution in [0.3, 0.4) is 0 Å². The van der Waals surface area contributed by atoms with Gasteiger partial charge in [-0.05, 0) is 56.6 Å². The maximum atomic E-state index is 13.4. The Morgan fingerprint density at radius 2 is 1.86 bits per heavy atom. The van der Waals surface area contributed by atoms with Crippen LogP contribution in [0.15, 0.2) is 71.1 Å². The van der Waals surface area contributed by atoms with Crippen molar-refractivity contribution < 1.29 is 31.9 Å². The third-order valence-corrected chi connectivity index (χ3v) is 5.46. The van der Waals surface area contributed by atoms with Gasteiger partial charge < -0.3 is 18.8 Å². The van der Waals surface area contributed by atoms with Crippen LogP contribution < -0.4 is 4.74 Å². The molecule has 0 N–H and O–H groups in total. The number of rotatable bonds is 8. The number of para-hydroxylation sites is 2. The van der Waals surface area contributed by atoms with Gasteiger partial charge in [-0.2, -0.15) is 13.2 Å². The summed E-state index contributed by atoms with van der Waals surface area (Å²) in [6.45, 7) is 0.458. The van der Waals surface area contributed by atoms with E-state index in [1.54, 1.807) is 49.3 Å². The van der Waals surface area contributed by atoms with Gasteiger partial charge in [0.25, 0.3) is 0 Å². The number of carbonyl (C=O) groups excluding carboxylic acids is 1. The van der Waals surface area contributed by atoms with Gasteiger partial charge in [-0.15, -0.1) is 0 Å². The molecule has 10 heteroatoms. The fraction of sp³-hybridized carbons (Fsp3) is 0.231. The van der Waals surface area contributed by atoms with Crippen molar-refractivity contribution >= 4 is 28.7 Å². The van der Waals surface area contributed by atoms with Crippen LogP contribution in [0.4, 0.5) is 13.2 Å². The second-order valence-corrected chi connectivity index (χ2v) is 8.66.